The molecule has 0 radical (unpaired) electrons. The average molecular weight is 288 g/mol. The Bertz CT molecular complexity index is 592. The third kappa shape index (κ3) is 3.97. The summed E-state index contributed by atoms with van der Waals surface area (Å²) in [5.74, 6) is 4.46. The monoisotopic (exact) mass is 288 g/mol. The van der Waals surface area contributed by atoms with E-state index in [9.17, 15) is 0 Å². The minimum absolute atomic E-state index is 0.627. The van der Waals surface area contributed by atoms with Crippen LogP contribution in [-0.4, -0.2) is 16.5 Å². The van der Waals surface area contributed by atoms with Gasteiger partial charge in [0.25, 0.3) is 0 Å². The minimum Gasteiger partial charge on any atom is -0.465 e. The number of nitrogens with one attached hydrogen (secondary N) is 2. The first kappa shape index (κ1) is 15.4. The van der Waals surface area contributed by atoms with Crippen LogP contribution in [0.25, 0.3) is 0 Å². The topological polar surface area (TPSA) is 63.0 Å². The van der Waals surface area contributed by atoms with Gasteiger partial charge in [-0.25, -0.2) is 9.97 Å². The van der Waals surface area contributed by atoms with Crippen LogP contribution in [-0.2, 0) is 13.0 Å². The van der Waals surface area contributed by atoms with Gasteiger partial charge in [0, 0.05) is 18.5 Å². The van der Waals surface area contributed by atoms with Crippen LogP contribution >= 0.6 is 0 Å². The zero-order valence-corrected chi connectivity index (χ0v) is 13.3. The van der Waals surface area contributed by atoms with Crippen molar-refractivity contribution in [2.45, 2.75) is 47.1 Å². The van der Waals surface area contributed by atoms with E-state index in [0.29, 0.717) is 6.54 Å². The summed E-state index contributed by atoms with van der Waals surface area (Å²) >= 11 is 0. The van der Waals surface area contributed by atoms with Crippen LogP contribution in [0.1, 0.15) is 43.2 Å². The molecule has 0 saturated carbocycles. The molecule has 21 heavy (non-hydrogen) atoms. The predicted octanol–water partition coefficient (Wildman–Crippen LogP) is 3.68. The summed E-state index contributed by atoms with van der Waals surface area (Å²) in [5, 5.41) is 6.71. The fourth-order valence-corrected chi connectivity index (χ4v) is 2.06. The molecule has 2 rings (SSSR count). The molecule has 114 valence electrons. The molecule has 5 heteroatoms. The van der Waals surface area contributed by atoms with Gasteiger partial charge in [-0.15, -0.1) is 0 Å². The molecule has 0 unspecified atom stereocenters. The second-order valence-corrected chi connectivity index (χ2v) is 5.11. The van der Waals surface area contributed by atoms with Crippen LogP contribution in [0.4, 0.5) is 11.6 Å². The Kier molecular flexibility index (Phi) is 5.20. The number of furan rings is 1. The first-order valence-corrected chi connectivity index (χ1v) is 7.54. The molecule has 0 aliphatic carbocycles. The molecule has 0 saturated heterocycles. The fourth-order valence-electron chi connectivity index (χ4n) is 2.06. The average Bonchev–Trinajstić information content (AvgIpc) is 2.90. The van der Waals surface area contributed by atoms with E-state index in [2.05, 4.69) is 34.4 Å². The summed E-state index contributed by atoms with van der Waals surface area (Å²) in [6, 6.07) is 3.95. The number of aryl methyl sites for hydroxylation is 2. The van der Waals surface area contributed by atoms with Gasteiger partial charge in [0.05, 0.1) is 6.54 Å². The van der Waals surface area contributed by atoms with E-state index in [4.69, 9.17) is 4.42 Å². The summed E-state index contributed by atoms with van der Waals surface area (Å²) in [5.41, 5.74) is 1.05. The number of rotatable bonds is 7. The summed E-state index contributed by atoms with van der Waals surface area (Å²) in [7, 11) is 0. The highest BCUT2D eigenvalue weighted by molar-refractivity contribution is 5.57. The highest BCUT2D eigenvalue weighted by Crippen LogP contribution is 2.21. The molecule has 0 aromatic carbocycles. The number of hydrogen-bond donors (Lipinski definition) is 2. The normalized spacial score (nSPS) is 10.7. The molecular weight excluding hydrogens is 264 g/mol. The lowest BCUT2D eigenvalue weighted by Crippen LogP contribution is -2.11. The number of nitrogens with zero attached hydrogens (tertiary/aromatic N) is 2. The van der Waals surface area contributed by atoms with Crippen LogP contribution in [0.5, 0.6) is 0 Å². The molecule has 0 atom stereocenters. The first-order valence-electron chi connectivity index (χ1n) is 7.54. The Morgan fingerprint density at radius 2 is 1.76 bits per heavy atom. The molecule has 0 fully saturated rings. The number of anilines is 2. The Labute approximate surface area is 126 Å². The number of aromatic nitrogens is 2. The van der Waals surface area contributed by atoms with E-state index in [0.717, 1.165) is 53.9 Å². The second-order valence-electron chi connectivity index (χ2n) is 5.11. The summed E-state index contributed by atoms with van der Waals surface area (Å²) in [6.07, 6.45) is 1.88. The van der Waals surface area contributed by atoms with Crippen molar-refractivity contribution in [3.05, 3.63) is 35.0 Å². The summed E-state index contributed by atoms with van der Waals surface area (Å²) < 4.78 is 5.58. The molecule has 5 nitrogen and oxygen atoms in total. The van der Waals surface area contributed by atoms with Crippen LogP contribution < -0.4 is 10.6 Å². The lowest BCUT2D eigenvalue weighted by Gasteiger charge is -2.14. The fraction of sp³-hybridized carbons (Fsp3) is 0.500. The number of hydrogen-bond acceptors (Lipinski definition) is 5. The maximum Gasteiger partial charge on any atom is 0.135 e. The summed E-state index contributed by atoms with van der Waals surface area (Å²) in [4.78, 5) is 9.14. The van der Waals surface area contributed by atoms with Crippen molar-refractivity contribution in [2.24, 2.45) is 0 Å². The van der Waals surface area contributed by atoms with Crippen molar-refractivity contribution >= 4 is 11.6 Å². The van der Waals surface area contributed by atoms with Gasteiger partial charge in [0.15, 0.2) is 0 Å². The van der Waals surface area contributed by atoms with Gasteiger partial charge in [-0.3, -0.25) is 0 Å². The third-order valence-electron chi connectivity index (χ3n) is 3.28. The minimum atomic E-state index is 0.627. The maximum atomic E-state index is 5.58. The lowest BCUT2D eigenvalue weighted by atomic mass is 10.2. The quantitative estimate of drug-likeness (QED) is 0.813. The first-order chi connectivity index (χ1) is 10.1. The maximum absolute atomic E-state index is 5.58. The highest BCUT2D eigenvalue weighted by Gasteiger charge is 2.10. The van der Waals surface area contributed by atoms with Gasteiger partial charge in [0.2, 0.25) is 0 Å². The van der Waals surface area contributed by atoms with Crippen molar-refractivity contribution in [1.29, 1.82) is 0 Å². The molecule has 0 aliphatic rings. The van der Waals surface area contributed by atoms with Crippen LogP contribution in [0.2, 0.25) is 0 Å². The molecule has 2 aromatic heterocycles. The van der Waals surface area contributed by atoms with Crippen molar-refractivity contribution in [2.75, 3.05) is 17.2 Å². The Morgan fingerprint density at radius 3 is 2.33 bits per heavy atom. The van der Waals surface area contributed by atoms with Crippen LogP contribution in [0.15, 0.2) is 16.5 Å². The van der Waals surface area contributed by atoms with Crippen molar-refractivity contribution in [3.8, 4) is 0 Å². The van der Waals surface area contributed by atoms with E-state index in [1.54, 1.807) is 0 Å². The van der Waals surface area contributed by atoms with Crippen LogP contribution in [0.3, 0.4) is 0 Å². The molecule has 2 N–H and O–H groups in total. The Hall–Kier alpha value is -2.04. The molecule has 0 bridgehead atoms. The molecule has 2 aromatic rings. The lowest BCUT2D eigenvalue weighted by molar-refractivity contribution is 0.490. The van der Waals surface area contributed by atoms with Gasteiger partial charge in [-0.1, -0.05) is 13.8 Å². The Morgan fingerprint density at radius 1 is 1.05 bits per heavy atom. The zero-order chi connectivity index (χ0) is 15.2. The van der Waals surface area contributed by atoms with E-state index in [1.807, 2.05) is 26.0 Å². The SMILES string of the molecule is CCCNc1nc(CC)nc(NCc2ccc(C)o2)c1C. The smallest absolute Gasteiger partial charge is 0.135 e. The highest BCUT2D eigenvalue weighted by atomic mass is 16.3. The Balaban J connectivity index is 2.16. The largest absolute Gasteiger partial charge is 0.465 e. The van der Waals surface area contributed by atoms with Gasteiger partial charge in [0.1, 0.15) is 29.0 Å². The molecule has 0 amide bonds. The van der Waals surface area contributed by atoms with Gasteiger partial charge >= 0.3 is 0 Å². The molecular formula is C16H24N4O. The van der Waals surface area contributed by atoms with Crippen molar-refractivity contribution in [3.63, 3.8) is 0 Å². The van der Waals surface area contributed by atoms with Gasteiger partial charge in [-0.05, 0) is 32.4 Å². The van der Waals surface area contributed by atoms with Gasteiger partial charge < -0.3 is 15.1 Å². The van der Waals surface area contributed by atoms with Gasteiger partial charge in [-0.2, -0.15) is 0 Å². The molecule has 0 aliphatic heterocycles. The summed E-state index contributed by atoms with van der Waals surface area (Å²) in [6.45, 7) is 9.73. The van der Waals surface area contributed by atoms with E-state index in [1.165, 1.54) is 0 Å². The second kappa shape index (κ2) is 7.11. The molecule has 0 spiro atoms. The standard InChI is InChI=1S/C16H24N4O/c1-5-9-17-15-12(4)16(20-14(6-2)19-15)18-10-13-8-7-11(3)21-13/h7-8H,5-6,9-10H2,1-4H3,(H2,17,18,19,20). The predicted molar refractivity (Wildman–Crippen MR) is 85.7 cm³/mol. The molecule has 2 heterocycles. The third-order valence-corrected chi connectivity index (χ3v) is 3.28. The van der Waals surface area contributed by atoms with E-state index < -0.39 is 0 Å². The van der Waals surface area contributed by atoms with Crippen LogP contribution in [0, 0.1) is 13.8 Å². The van der Waals surface area contributed by atoms with E-state index >= 15 is 0 Å². The zero-order valence-electron chi connectivity index (χ0n) is 13.3. The van der Waals surface area contributed by atoms with Crippen molar-refractivity contribution in [1.82, 2.24) is 9.97 Å². The van der Waals surface area contributed by atoms with E-state index in [-0.39, 0.29) is 0 Å². The van der Waals surface area contributed by atoms with Crippen molar-refractivity contribution < 1.29 is 4.42 Å².